The van der Waals surface area contributed by atoms with E-state index in [1.807, 2.05) is 17.8 Å². The molecule has 1 heterocycles. The fraction of sp³-hybridized carbons (Fsp3) is 0.727. The Labute approximate surface area is 89.5 Å². The van der Waals surface area contributed by atoms with E-state index in [9.17, 15) is 4.39 Å². The lowest BCUT2D eigenvalue weighted by Crippen LogP contribution is -2.37. The third-order valence-corrected chi connectivity index (χ3v) is 3.32. The molecule has 15 heavy (non-hydrogen) atoms. The normalized spacial score (nSPS) is 31.8. The average molecular weight is 211 g/mol. The van der Waals surface area contributed by atoms with E-state index in [0.29, 0.717) is 19.3 Å². The molecule has 0 spiro atoms. The number of nitrogens with two attached hydrogens (primary N) is 1. The summed E-state index contributed by atoms with van der Waals surface area (Å²) in [6, 6.07) is 0.190. The first kappa shape index (κ1) is 10.6. The lowest BCUT2D eigenvalue weighted by atomic mass is 9.81. The second-order valence-electron chi connectivity index (χ2n) is 4.62. The maximum Gasteiger partial charge on any atom is 0.118 e. The minimum atomic E-state index is -1.09. The monoisotopic (exact) mass is 211 g/mol. The predicted octanol–water partition coefficient (Wildman–Crippen LogP) is 1.57. The fourth-order valence-corrected chi connectivity index (χ4v) is 2.18. The Morgan fingerprint density at radius 2 is 2.27 bits per heavy atom. The highest BCUT2D eigenvalue weighted by atomic mass is 19.1. The minimum Gasteiger partial charge on any atom is -0.338 e. The Kier molecular flexibility index (Phi) is 2.78. The molecule has 0 radical (unpaired) electrons. The molecule has 0 aromatic carbocycles. The molecule has 1 aromatic rings. The molecule has 1 aromatic heterocycles. The van der Waals surface area contributed by atoms with Gasteiger partial charge in [0, 0.05) is 31.9 Å². The first-order chi connectivity index (χ1) is 7.09. The number of hydrogen-bond donors (Lipinski definition) is 1. The first-order valence-electron chi connectivity index (χ1n) is 5.50. The van der Waals surface area contributed by atoms with Gasteiger partial charge in [-0.3, -0.25) is 0 Å². The van der Waals surface area contributed by atoms with Gasteiger partial charge in [0.05, 0.1) is 0 Å². The van der Waals surface area contributed by atoms with Crippen molar-refractivity contribution in [1.29, 1.82) is 0 Å². The molecule has 1 aliphatic rings. The lowest BCUT2D eigenvalue weighted by molar-refractivity contribution is 0.0964. The molecule has 1 saturated carbocycles. The summed E-state index contributed by atoms with van der Waals surface area (Å²) in [6.45, 7) is 0. The van der Waals surface area contributed by atoms with Crippen molar-refractivity contribution in [2.75, 3.05) is 0 Å². The van der Waals surface area contributed by atoms with Crippen molar-refractivity contribution in [2.24, 2.45) is 12.8 Å². The molecule has 0 bridgehead atoms. The zero-order valence-corrected chi connectivity index (χ0v) is 9.12. The molecule has 1 fully saturated rings. The first-order valence-corrected chi connectivity index (χ1v) is 5.50. The summed E-state index contributed by atoms with van der Waals surface area (Å²) in [5.74, 6) is 0.827. The maximum atomic E-state index is 14.4. The van der Waals surface area contributed by atoms with E-state index in [-0.39, 0.29) is 6.04 Å². The van der Waals surface area contributed by atoms with E-state index >= 15 is 0 Å². The van der Waals surface area contributed by atoms with E-state index in [4.69, 9.17) is 5.73 Å². The van der Waals surface area contributed by atoms with Crippen molar-refractivity contribution in [2.45, 2.75) is 43.8 Å². The quantitative estimate of drug-likeness (QED) is 0.807. The van der Waals surface area contributed by atoms with Gasteiger partial charge in [0.2, 0.25) is 0 Å². The second-order valence-corrected chi connectivity index (χ2v) is 4.62. The summed E-state index contributed by atoms with van der Waals surface area (Å²) in [5, 5.41) is 0. The van der Waals surface area contributed by atoms with Crippen LogP contribution in [0.5, 0.6) is 0 Å². The van der Waals surface area contributed by atoms with Gasteiger partial charge in [-0.25, -0.2) is 9.37 Å². The summed E-state index contributed by atoms with van der Waals surface area (Å²) in [6.07, 6.45) is 6.72. The van der Waals surface area contributed by atoms with Crippen LogP contribution in [0.15, 0.2) is 12.4 Å². The minimum absolute atomic E-state index is 0.190. The molecule has 0 amide bonds. The Morgan fingerprint density at radius 1 is 1.60 bits per heavy atom. The van der Waals surface area contributed by atoms with Gasteiger partial charge >= 0.3 is 0 Å². The molecule has 0 saturated heterocycles. The van der Waals surface area contributed by atoms with Crippen LogP contribution in [0.2, 0.25) is 0 Å². The Hall–Kier alpha value is -0.900. The summed E-state index contributed by atoms with van der Waals surface area (Å²) >= 11 is 0. The zero-order valence-electron chi connectivity index (χ0n) is 9.12. The molecule has 2 rings (SSSR count). The van der Waals surface area contributed by atoms with Crippen LogP contribution in [0.1, 0.15) is 31.5 Å². The number of alkyl halides is 1. The van der Waals surface area contributed by atoms with Crippen LogP contribution in [0.4, 0.5) is 4.39 Å². The van der Waals surface area contributed by atoms with Gasteiger partial charge in [-0.05, 0) is 25.7 Å². The largest absolute Gasteiger partial charge is 0.338 e. The van der Waals surface area contributed by atoms with Crippen LogP contribution in [-0.2, 0) is 13.5 Å². The molecule has 3 nitrogen and oxygen atoms in total. The second kappa shape index (κ2) is 3.93. The third kappa shape index (κ3) is 2.37. The van der Waals surface area contributed by atoms with Crippen molar-refractivity contribution >= 4 is 0 Å². The molecule has 84 valence electrons. The zero-order chi connectivity index (χ0) is 10.9. The fourth-order valence-electron chi connectivity index (χ4n) is 2.18. The highest BCUT2D eigenvalue weighted by molar-refractivity contribution is 5.00. The topological polar surface area (TPSA) is 43.8 Å². The standard InChI is InChI=1S/C11H18FN3/c1-15-7-6-14-10(15)8-11(12)4-2-9(13)3-5-11/h6-7,9H,2-5,8,13H2,1H3. The number of hydrogen-bond acceptors (Lipinski definition) is 2. The van der Waals surface area contributed by atoms with Crippen LogP contribution in [0.25, 0.3) is 0 Å². The van der Waals surface area contributed by atoms with Gasteiger partial charge in [-0.2, -0.15) is 0 Å². The van der Waals surface area contributed by atoms with Crippen LogP contribution >= 0.6 is 0 Å². The number of aryl methyl sites for hydroxylation is 1. The van der Waals surface area contributed by atoms with Crippen molar-refractivity contribution < 1.29 is 4.39 Å². The predicted molar refractivity (Wildman–Crippen MR) is 57.2 cm³/mol. The third-order valence-electron chi connectivity index (χ3n) is 3.32. The number of halogens is 1. The van der Waals surface area contributed by atoms with Crippen molar-refractivity contribution in [3.63, 3.8) is 0 Å². The smallest absolute Gasteiger partial charge is 0.118 e. The average Bonchev–Trinajstić information content (AvgIpc) is 2.58. The Balaban J connectivity index is 2.02. The van der Waals surface area contributed by atoms with E-state index in [1.54, 1.807) is 6.20 Å². The molecular weight excluding hydrogens is 193 g/mol. The van der Waals surface area contributed by atoms with Crippen molar-refractivity contribution in [3.05, 3.63) is 18.2 Å². The summed E-state index contributed by atoms with van der Waals surface area (Å²) in [7, 11) is 1.90. The highest BCUT2D eigenvalue weighted by Gasteiger charge is 2.35. The molecule has 1 aliphatic carbocycles. The van der Waals surface area contributed by atoms with E-state index in [1.165, 1.54) is 0 Å². The molecular formula is C11H18FN3. The highest BCUT2D eigenvalue weighted by Crippen LogP contribution is 2.33. The number of rotatable bonds is 2. The van der Waals surface area contributed by atoms with Crippen LogP contribution < -0.4 is 5.73 Å². The van der Waals surface area contributed by atoms with Gasteiger partial charge in [0.15, 0.2) is 0 Å². The summed E-state index contributed by atoms with van der Waals surface area (Å²) < 4.78 is 16.3. The summed E-state index contributed by atoms with van der Waals surface area (Å²) in [5.41, 5.74) is 4.68. The van der Waals surface area contributed by atoms with Crippen molar-refractivity contribution in [1.82, 2.24) is 9.55 Å². The van der Waals surface area contributed by atoms with Gasteiger partial charge in [0.1, 0.15) is 11.5 Å². The maximum absolute atomic E-state index is 14.4. The van der Waals surface area contributed by atoms with Crippen LogP contribution in [0, 0.1) is 0 Å². The van der Waals surface area contributed by atoms with E-state index in [2.05, 4.69) is 4.98 Å². The van der Waals surface area contributed by atoms with Gasteiger partial charge < -0.3 is 10.3 Å². The van der Waals surface area contributed by atoms with E-state index in [0.717, 1.165) is 18.7 Å². The molecule has 0 unspecified atom stereocenters. The lowest BCUT2D eigenvalue weighted by Gasteiger charge is -2.32. The summed E-state index contributed by atoms with van der Waals surface area (Å²) in [4.78, 5) is 4.17. The van der Waals surface area contributed by atoms with E-state index < -0.39 is 5.67 Å². The Bertz CT molecular complexity index is 326. The molecule has 4 heteroatoms. The van der Waals surface area contributed by atoms with Gasteiger partial charge in [0.25, 0.3) is 0 Å². The Morgan fingerprint density at radius 3 is 2.80 bits per heavy atom. The van der Waals surface area contributed by atoms with Gasteiger partial charge in [-0.1, -0.05) is 0 Å². The SMILES string of the molecule is Cn1ccnc1CC1(F)CCC(N)CC1. The number of imidazole rings is 1. The molecule has 0 atom stereocenters. The van der Waals surface area contributed by atoms with Crippen molar-refractivity contribution in [3.8, 4) is 0 Å². The number of nitrogens with zero attached hydrogens (tertiary/aromatic N) is 2. The van der Waals surface area contributed by atoms with Crippen LogP contribution in [-0.4, -0.2) is 21.3 Å². The number of aromatic nitrogens is 2. The molecule has 0 aliphatic heterocycles. The van der Waals surface area contributed by atoms with Gasteiger partial charge in [-0.15, -0.1) is 0 Å². The van der Waals surface area contributed by atoms with Crippen LogP contribution in [0.3, 0.4) is 0 Å². The molecule has 2 N–H and O–H groups in total.